The smallest absolute Gasteiger partial charge is 0.308 e. The molecule has 1 saturated carbocycles. The standard InChI is InChI=1S/C29H38N2O4/c1-20(2)18-31(28(34)22-9-6-5-7-10-22)24-16-27(33)26-19-30(4)14-13-29(26,17-24)23-11-8-12-25(15-23)35-21(3)32/h5-12,15,20,24,26-27,33H,13-14,16-19H2,1-4H3/t24-,26-,27?,29-/m0/s1. The second-order valence-electron chi connectivity index (χ2n) is 10.8. The van der Waals surface area contributed by atoms with Crippen molar-refractivity contribution >= 4 is 11.9 Å². The lowest BCUT2D eigenvalue weighted by molar-refractivity contribution is -0.131. The number of benzene rings is 2. The normalized spacial score (nSPS) is 26.7. The maximum Gasteiger partial charge on any atom is 0.308 e. The molecule has 35 heavy (non-hydrogen) atoms. The first-order valence-electron chi connectivity index (χ1n) is 12.7. The van der Waals surface area contributed by atoms with E-state index in [0.717, 1.165) is 31.5 Å². The van der Waals surface area contributed by atoms with Crippen LogP contribution in [0.4, 0.5) is 0 Å². The van der Waals surface area contributed by atoms with Crippen molar-refractivity contribution in [3.63, 3.8) is 0 Å². The highest BCUT2D eigenvalue weighted by Gasteiger charge is 2.53. The Morgan fingerprint density at radius 2 is 1.91 bits per heavy atom. The molecule has 0 spiro atoms. The van der Waals surface area contributed by atoms with E-state index in [1.54, 1.807) is 6.07 Å². The zero-order valence-electron chi connectivity index (χ0n) is 21.3. The van der Waals surface area contributed by atoms with Crippen LogP contribution in [0.5, 0.6) is 5.75 Å². The first-order valence-corrected chi connectivity index (χ1v) is 12.7. The van der Waals surface area contributed by atoms with Gasteiger partial charge < -0.3 is 19.6 Å². The largest absolute Gasteiger partial charge is 0.427 e. The second kappa shape index (κ2) is 10.5. The molecule has 6 nitrogen and oxygen atoms in total. The van der Waals surface area contributed by atoms with E-state index in [4.69, 9.17) is 4.74 Å². The van der Waals surface area contributed by atoms with Crippen molar-refractivity contribution in [3.8, 4) is 5.75 Å². The minimum atomic E-state index is -0.535. The van der Waals surface area contributed by atoms with E-state index >= 15 is 0 Å². The monoisotopic (exact) mass is 478 g/mol. The van der Waals surface area contributed by atoms with E-state index in [0.29, 0.717) is 30.2 Å². The number of fused-ring (bicyclic) bond motifs is 1. The Kier molecular flexibility index (Phi) is 7.62. The summed E-state index contributed by atoms with van der Waals surface area (Å²) in [6.07, 6.45) is 1.68. The number of likely N-dealkylation sites (tertiary alicyclic amines) is 1. The van der Waals surface area contributed by atoms with Crippen molar-refractivity contribution in [3.05, 3.63) is 65.7 Å². The summed E-state index contributed by atoms with van der Waals surface area (Å²) in [6, 6.07) is 17.1. The molecule has 4 atom stereocenters. The number of carbonyl (C=O) groups is 2. The third kappa shape index (κ3) is 5.44. The number of hydrogen-bond donors (Lipinski definition) is 1. The lowest BCUT2D eigenvalue weighted by atomic mass is 9.56. The molecule has 1 saturated heterocycles. The van der Waals surface area contributed by atoms with Gasteiger partial charge >= 0.3 is 5.97 Å². The Hall–Kier alpha value is -2.70. The molecule has 1 aliphatic carbocycles. The minimum Gasteiger partial charge on any atom is -0.427 e. The van der Waals surface area contributed by atoms with Gasteiger partial charge in [-0.05, 0) is 68.6 Å². The molecule has 2 aliphatic rings. The van der Waals surface area contributed by atoms with Crippen LogP contribution in [0.1, 0.15) is 56.0 Å². The highest BCUT2D eigenvalue weighted by molar-refractivity contribution is 5.94. The predicted octanol–water partition coefficient (Wildman–Crippen LogP) is 4.12. The molecular weight excluding hydrogens is 440 g/mol. The maximum atomic E-state index is 13.7. The van der Waals surface area contributed by atoms with Crippen LogP contribution in [0.3, 0.4) is 0 Å². The Labute approximate surface area is 208 Å². The molecule has 1 unspecified atom stereocenters. The summed E-state index contributed by atoms with van der Waals surface area (Å²) in [4.78, 5) is 29.6. The maximum absolute atomic E-state index is 13.7. The molecule has 2 fully saturated rings. The number of aliphatic hydroxyl groups is 1. The fraction of sp³-hybridized carbons (Fsp3) is 0.517. The molecule has 1 heterocycles. The molecule has 1 amide bonds. The number of nitrogens with zero attached hydrogens (tertiary/aromatic N) is 2. The van der Waals surface area contributed by atoms with Gasteiger partial charge in [-0.15, -0.1) is 0 Å². The van der Waals surface area contributed by atoms with Crippen LogP contribution in [0.15, 0.2) is 54.6 Å². The van der Waals surface area contributed by atoms with Gasteiger partial charge in [0.1, 0.15) is 5.75 Å². The van der Waals surface area contributed by atoms with Crippen LogP contribution in [0.2, 0.25) is 0 Å². The van der Waals surface area contributed by atoms with Gasteiger partial charge in [-0.1, -0.05) is 44.2 Å². The number of aliphatic hydroxyl groups excluding tert-OH is 1. The second-order valence-corrected chi connectivity index (χ2v) is 10.8. The topological polar surface area (TPSA) is 70.1 Å². The lowest BCUT2D eigenvalue weighted by Gasteiger charge is -2.56. The molecule has 0 bridgehead atoms. The van der Waals surface area contributed by atoms with E-state index in [-0.39, 0.29) is 29.3 Å². The SMILES string of the molecule is CC(=O)Oc1cccc([C@@]23CCN(C)C[C@H]2C(O)C[C@H](N(CC(C)C)C(=O)c2ccccc2)C3)c1. The van der Waals surface area contributed by atoms with Crippen molar-refractivity contribution in [2.24, 2.45) is 11.8 Å². The zero-order chi connectivity index (χ0) is 25.2. The number of piperidine rings is 1. The van der Waals surface area contributed by atoms with Crippen molar-refractivity contribution in [1.29, 1.82) is 0 Å². The summed E-state index contributed by atoms with van der Waals surface area (Å²) < 4.78 is 5.42. The Morgan fingerprint density at radius 1 is 1.17 bits per heavy atom. The molecule has 0 radical (unpaired) electrons. The van der Waals surface area contributed by atoms with Gasteiger partial charge in [0.25, 0.3) is 5.91 Å². The Balaban J connectivity index is 1.74. The average Bonchev–Trinajstić information content (AvgIpc) is 2.83. The van der Waals surface area contributed by atoms with E-state index < -0.39 is 6.10 Å². The highest BCUT2D eigenvalue weighted by atomic mass is 16.5. The van der Waals surface area contributed by atoms with Crippen LogP contribution in [0, 0.1) is 11.8 Å². The van der Waals surface area contributed by atoms with Gasteiger partial charge in [-0.2, -0.15) is 0 Å². The van der Waals surface area contributed by atoms with Crippen LogP contribution in [0.25, 0.3) is 0 Å². The molecule has 188 valence electrons. The third-order valence-corrected chi connectivity index (χ3v) is 7.69. The Bertz CT molecular complexity index is 1040. The van der Waals surface area contributed by atoms with Crippen LogP contribution < -0.4 is 4.74 Å². The first-order chi connectivity index (χ1) is 16.7. The predicted molar refractivity (Wildman–Crippen MR) is 136 cm³/mol. The highest BCUT2D eigenvalue weighted by Crippen LogP contribution is 2.50. The van der Waals surface area contributed by atoms with E-state index in [1.165, 1.54) is 6.92 Å². The number of ether oxygens (including phenoxy) is 1. The molecule has 0 aromatic heterocycles. The number of amides is 1. The third-order valence-electron chi connectivity index (χ3n) is 7.69. The van der Waals surface area contributed by atoms with E-state index in [9.17, 15) is 14.7 Å². The van der Waals surface area contributed by atoms with E-state index in [2.05, 4.69) is 31.9 Å². The van der Waals surface area contributed by atoms with Crippen LogP contribution >= 0.6 is 0 Å². The summed E-state index contributed by atoms with van der Waals surface area (Å²) in [6.45, 7) is 8.00. The van der Waals surface area contributed by atoms with Crippen LogP contribution in [-0.4, -0.2) is 65.6 Å². The van der Waals surface area contributed by atoms with E-state index in [1.807, 2.05) is 47.4 Å². The number of rotatable bonds is 6. The average molecular weight is 479 g/mol. The van der Waals surface area contributed by atoms with Gasteiger partial charge in [0.2, 0.25) is 0 Å². The molecule has 4 rings (SSSR count). The summed E-state index contributed by atoms with van der Waals surface area (Å²) >= 11 is 0. The van der Waals surface area contributed by atoms with Crippen molar-refractivity contribution in [2.45, 2.75) is 57.6 Å². The van der Waals surface area contributed by atoms with Gasteiger partial charge in [-0.25, -0.2) is 0 Å². The summed E-state index contributed by atoms with van der Waals surface area (Å²) in [5, 5.41) is 11.5. The fourth-order valence-electron chi connectivity index (χ4n) is 6.15. The minimum absolute atomic E-state index is 0.0201. The van der Waals surface area contributed by atoms with Crippen molar-refractivity contribution in [2.75, 3.05) is 26.7 Å². The molecule has 1 N–H and O–H groups in total. The Morgan fingerprint density at radius 3 is 2.60 bits per heavy atom. The van der Waals surface area contributed by atoms with Gasteiger partial charge in [0.15, 0.2) is 0 Å². The fourth-order valence-corrected chi connectivity index (χ4v) is 6.15. The first kappa shape index (κ1) is 25.4. The number of hydrogen-bond acceptors (Lipinski definition) is 5. The van der Waals surface area contributed by atoms with Crippen LogP contribution in [-0.2, 0) is 10.2 Å². The number of carbonyl (C=O) groups excluding carboxylic acids is 2. The van der Waals surface area contributed by atoms with Gasteiger partial charge in [0, 0.05) is 43.0 Å². The molecule has 6 heteroatoms. The molecule has 1 aliphatic heterocycles. The van der Waals surface area contributed by atoms with Crippen molar-refractivity contribution in [1.82, 2.24) is 9.80 Å². The molecule has 2 aromatic carbocycles. The molecular formula is C29H38N2O4. The molecule has 2 aromatic rings. The lowest BCUT2D eigenvalue weighted by Crippen LogP contribution is -2.61. The number of esters is 1. The summed E-state index contributed by atoms with van der Waals surface area (Å²) in [5.74, 6) is 0.540. The zero-order valence-corrected chi connectivity index (χ0v) is 21.3. The summed E-state index contributed by atoms with van der Waals surface area (Å²) in [7, 11) is 2.10. The van der Waals surface area contributed by atoms with Gasteiger partial charge in [0.05, 0.1) is 6.10 Å². The van der Waals surface area contributed by atoms with Crippen molar-refractivity contribution < 1.29 is 19.4 Å². The summed E-state index contributed by atoms with van der Waals surface area (Å²) in [5.41, 5.74) is 1.45. The quantitative estimate of drug-likeness (QED) is 0.500. The van der Waals surface area contributed by atoms with Gasteiger partial charge in [-0.3, -0.25) is 9.59 Å².